The Labute approximate surface area is 136 Å². The van der Waals surface area contributed by atoms with Crippen molar-refractivity contribution in [1.29, 1.82) is 0 Å². The molecule has 1 saturated carbocycles. The molecular formula is C18H21ClN2O. The normalized spacial score (nSPS) is 15.5. The fourth-order valence-corrected chi connectivity index (χ4v) is 3.00. The quantitative estimate of drug-likeness (QED) is 0.870. The van der Waals surface area contributed by atoms with Crippen LogP contribution in [0.5, 0.6) is 0 Å². The van der Waals surface area contributed by atoms with Crippen molar-refractivity contribution in [3.8, 4) is 0 Å². The summed E-state index contributed by atoms with van der Waals surface area (Å²) in [6.07, 6.45) is 5.59. The minimum atomic E-state index is 0.126. The maximum absolute atomic E-state index is 12.1. The Morgan fingerprint density at radius 1 is 1.27 bits per heavy atom. The molecule has 0 atom stereocenters. The highest BCUT2D eigenvalue weighted by atomic mass is 35.5. The van der Waals surface area contributed by atoms with Crippen molar-refractivity contribution < 1.29 is 4.79 Å². The van der Waals surface area contributed by atoms with E-state index in [2.05, 4.69) is 28.1 Å². The number of hydrogen-bond donors (Lipinski definition) is 1. The average molecular weight is 317 g/mol. The monoisotopic (exact) mass is 316 g/mol. The molecule has 4 heteroatoms. The molecule has 1 fully saturated rings. The van der Waals surface area contributed by atoms with Crippen molar-refractivity contribution in [2.75, 3.05) is 6.54 Å². The van der Waals surface area contributed by atoms with Gasteiger partial charge in [-0.15, -0.1) is 0 Å². The summed E-state index contributed by atoms with van der Waals surface area (Å²) in [5, 5.41) is 3.85. The Morgan fingerprint density at radius 2 is 2.00 bits per heavy atom. The number of amides is 1. The lowest BCUT2D eigenvalue weighted by Gasteiger charge is -2.17. The number of halogens is 1. The smallest absolute Gasteiger partial charge is 0.220 e. The van der Waals surface area contributed by atoms with Crippen LogP contribution in [0.2, 0.25) is 5.02 Å². The predicted octanol–water partition coefficient (Wildman–Crippen LogP) is 3.46. The van der Waals surface area contributed by atoms with Gasteiger partial charge in [-0.25, -0.2) is 0 Å². The first-order valence-electron chi connectivity index (χ1n) is 7.72. The van der Waals surface area contributed by atoms with Gasteiger partial charge in [-0.3, -0.25) is 4.79 Å². The molecule has 0 radical (unpaired) electrons. The minimum absolute atomic E-state index is 0.126. The highest BCUT2D eigenvalue weighted by molar-refractivity contribution is 6.30. The minimum Gasteiger partial charge on any atom is -0.355 e. The summed E-state index contributed by atoms with van der Waals surface area (Å²) in [6.45, 7) is 0.723. The topological polar surface area (TPSA) is 34.0 Å². The Hall–Kier alpha value is -1.74. The zero-order valence-corrected chi connectivity index (χ0v) is 13.6. The van der Waals surface area contributed by atoms with E-state index in [1.54, 1.807) is 0 Å². The molecule has 0 bridgehead atoms. The van der Waals surface area contributed by atoms with E-state index in [1.165, 1.54) is 11.3 Å². The predicted molar refractivity (Wildman–Crippen MR) is 89.1 cm³/mol. The third kappa shape index (κ3) is 3.36. The van der Waals surface area contributed by atoms with E-state index in [9.17, 15) is 4.79 Å². The number of hydrogen-bond acceptors (Lipinski definition) is 1. The molecular weight excluding hydrogens is 296 g/mol. The number of nitrogens with one attached hydrogen (secondary N) is 1. The lowest BCUT2D eigenvalue weighted by atomic mass is 9.96. The number of carbonyl (C=O) groups is 1. The number of rotatable bonds is 6. The van der Waals surface area contributed by atoms with Gasteiger partial charge in [-0.1, -0.05) is 23.7 Å². The van der Waals surface area contributed by atoms with Gasteiger partial charge >= 0.3 is 0 Å². The molecule has 0 unspecified atom stereocenters. The number of aryl methyl sites for hydroxylation is 2. The van der Waals surface area contributed by atoms with Gasteiger partial charge in [0.25, 0.3) is 0 Å². The van der Waals surface area contributed by atoms with Crippen molar-refractivity contribution >= 4 is 17.5 Å². The summed E-state index contributed by atoms with van der Waals surface area (Å²) in [5.41, 5.74) is 2.60. The highest BCUT2D eigenvalue weighted by Gasteiger charge is 2.44. The molecule has 1 aliphatic rings. The van der Waals surface area contributed by atoms with Crippen molar-refractivity contribution in [3.05, 3.63) is 58.9 Å². The van der Waals surface area contributed by atoms with Gasteiger partial charge in [0, 0.05) is 42.3 Å². The van der Waals surface area contributed by atoms with Gasteiger partial charge in [0.15, 0.2) is 0 Å². The second-order valence-corrected chi connectivity index (χ2v) is 6.61. The Morgan fingerprint density at radius 3 is 2.59 bits per heavy atom. The molecule has 1 N–H and O–H groups in total. The van der Waals surface area contributed by atoms with Crippen LogP contribution < -0.4 is 5.32 Å². The summed E-state index contributed by atoms with van der Waals surface area (Å²) < 4.78 is 2.06. The summed E-state index contributed by atoms with van der Waals surface area (Å²) in [7, 11) is 2.01. The lowest BCUT2D eigenvalue weighted by molar-refractivity contribution is -0.121. The first kappa shape index (κ1) is 15.2. The maximum Gasteiger partial charge on any atom is 0.220 e. The van der Waals surface area contributed by atoms with Gasteiger partial charge in [-0.05, 0) is 49.1 Å². The van der Waals surface area contributed by atoms with Crippen LogP contribution in [0, 0.1) is 0 Å². The van der Waals surface area contributed by atoms with E-state index in [-0.39, 0.29) is 11.3 Å². The van der Waals surface area contributed by atoms with Crippen molar-refractivity contribution in [2.24, 2.45) is 7.05 Å². The van der Waals surface area contributed by atoms with E-state index in [1.807, 2.05) is 31.4 Å². The molecule has 1 aromatic carbocycles. The van der Waals surface area contributed by atoms with Crippen LogP contribution in [0.15, 0.2) is 42.6 Å². The number of carbonyl (C=O) groups excluding carboxylic acids is 1. The molecule has 1 amide bonds. The molecule has 3 nitrogen and oxygen atoms in total. The van der Waals surface area contributed by atoms with Crippen LogP contribution in [0.4, 0.5) is 0 Å². The van der Waals surface area contributed by atoms with Crippen LogP contribution in [0.1, 0.15) is 30.5 Å². The molecule has 116 valence electrons. The molecule has 2 aromatic rings. The fourth-order valence-electron chi connectivity index (χ4n) is 2.88. The first-order chi connectivity index (χ1) is 10.6. The lowest BCUT2D eigenvalue weighted by Crippen LogP contribution is -2.32. The van der Waals surface area contributed by atoms with Gasteiger partial charge < -0.3 is 9.88 Å². The molecule has 3 rings (SSSR count). The summed E-state index contributed by atoms with van der Waals surface area (Å²) >= 11 is 5.94. The van der Waals surface area contributed by atoms with Crippen LogP contribution in [0.3, 0.4) is 0 Å². The van der Waals surface area contributed by atoms with Gasteiger partial charge in [0.1, 0.15) is 0 Å². The molecule has 1 aliphatic carbocycles. The van der Waals surface area contributed by atoms with Crippen molar-refractivity contribution in [2.45, 2.75) is 31.1 Å². The summed E-state index contributed by atoms with van der Waals surface area (Å²) in [6, 6.07) is 12.1. The van der Waals surface area contributed by atoms with Crippen LogP contribution >= 0.6 is 11.6 Å². The van der Waals surface area contributed by atoms with Crippen molar-refractivity contribution in [3.63, 3.8) is 0 Å². The average Bonchev–Trinajstić information content (AvgIpc) is 3.20. The third-order valence-electron chi connectivity index (χ3n) is 4.59. The second kappa shape index (κ2) is 6.17. The summed E-state index contributed by atoms with van der Waals surface area (Å²) in [4.78, 5) is 12.1. The largest absolute Gasteiger partial charge is 0.355 e. The van der Waals surface area contributed by atoms with Crippen LogP contribution in [-0.2, 0) is 23.7 Å². The summed E-state index contributed by atoms with van der Waals surface area (Å²) in [5.74, 6) is 0.126. The third-order valence-corrected chi connectivity index (χ3v) is 4.85. The van der Waals surface area contributed by atoms with E-state index < -0.39 is 0 Å². The SMILES string of the molecule is Cn1cccc1CCC(=O)NCC1(c2ccc(Cl)cc2)CC1. The first-order valence-corrected chi connectivity index (χ1v) is 8.10. The number of aromatic nitrogens is 1. The molecule has 22 heavy (non-hydrogen) atoms. The Bertz CT molecular complexity index is 656. The zero-order chi connectivity index (χ0) is 15.6. The van der Waals surface area contributed by atoms with Gasteiger partial charge in [0.05, 0.1) is 0 Å². The standard InChI is InChI=1S/C18H21ClN2O/c1-21-12-2-3-16(21)8-9-17(22)20-13-18(10-11-18)14-4-6-15(19)7-5-14/h2-7,12H,8-11,13H2,1H3,(H,20,22). The van der Waals surface area contributed by atoms with Gasteiger partial charge in [-0.2, -0.15) is 0 Å². The fraction of sp³-hybridized carbons (Fsp3) is 0.389. The zero-order valence-electron chi connectivity index (χ0n) is 12.8. The van der Waals surface area contributed by atoms with Crippen LogP contribution in [0.25, 0.3) is 0 Å². The highest BCUT2D eigenvalue weighted by Crippen LogP contribution is 2.47. The maximum atomic E-state index is 12.1. The van der Waals surface area contributed by atoms with Crippen LogP contribution in [-0.4, -0.2) is 17.0 Å². The number of benzene rings is 1. The molecule has 0 saturated heterocycles. The second-order valence-electron chi connectivity index (χ2n) is 6.17. The van der Waals surface area contributed by atoms with E-state index in [0.717, 1.165) is 30.8 Å². The van der Waals surface area contributed by atoms with E-state index in [4.69, 9.17) is 11.6 Å². The molecule has 1 aromatic heterocycles. The van der Waals surface area contributed by atoms with E-state index >= 15 is 0 Å². The molecule has 0 aliphatic heterocycles. The van der Waals surface area contributed by atoms with Crippen molar-refractivity contribution in [1.82, 2.24) is 9.88 Å². The van der Waals surface area contributed by atoms with E-state index in [0.29, 0.717) is 6.42 Å². The van der Waals surface area contributed by atoms with Gasteiger partial charge in [0.2, 0.25) is 5.91 Å². The molecule has 1 heterocycles. The Balaban J connectivity index is 1.50. The number of nitrogens with zero attached hydrogens (tertiary/aromatic N) is 1. The Kier molecular flexibility index (Phi) is 4.25. The molecule has 0 spiro atoms.